The van der Waals surface area contributed by atoms with Gasteiger partial charge in [0.05, 0.1) is 16.6 Å². The Bertz CT molecular complexity index is 1260. The SMILES string of the molecule is CN(c1nc2cnc(-c3cc(F)c4nn(C)cc4c3)cc2s1)[C@@H]1C[C@H]2CC[C@@H](C1)N2.Cl. The van der Waals surface area contributed by atoms with Gasteiger partial charge >= 0.3 is 0 Å². The maximum Gasteiger partial charge on any atom is 0.186 e. The molecule has 162 valence electrons. The van der Waals surface area contributed by atoms with Crippen LogP contribution in [0.15, 0.2) is 30.6 Å². The topological polar surface area (TPSA) is 58.9 Å². The third-order valence-corrected chi connectivity index (χ3v) is 7.64. The highest BCUT2D eigenvalue weighted by Crippen LogP contribution is 2.36. The number of aryl methyl sites for hydroxylation is 1. The number of thiazole rings is 1. The standard InChI is InChI=1S/C22H23FN6S.ClH/c1-28-11-13-5-12(6-17(23)21(13)27-28)18-9-20-19(10-24-18)26-22(30-20)29(2)16-7-14-3-4-15(8-16)25-14;/h5-6,9-11,14-16,25H,3-4,7-8H2,1-2H3;1H/t14-,15+,16-;. The molecular formula is C22H24ClFN6S. The summed E-state index contributed by atoms with van der Waals surface area (Å²) in [5.41, 5.74) is 2.79. The highest BCUT2D eigenvalue weighted by Gasteiger charge is 2.35. The van der Waals surface area contributed by atoms with Crippen molar-refractivity contribution in [3.05, 3.63) is 36.4 Å². The molecule has 0 aliphatic carbocycles. The third kappa shape index (κ3) is 3.56. The number of nitrogens with zero attached hydrogens (tertiary/aromatic N) is 5. The predicted molar refractivity (Wildman–Crippen MR) is 126 cm³/mol. The average Bonchev–Trinajstić information content (AvgIpc) is 3.42. The summed E-state index contributed by atoms with van der Waals surface area (Å²) >= 11 is 1.69. The number of hydrogen-bond acceptors (Lipinski definition) is 6. The molecule has 4 aromatic rings. The molecule has 5 heterocycles. The Morgan fingerprint density at radius 2 is 1.97 bits per heavy atom. The first-order valence-corrected chi connectivity index (χ1v) is 11.2. The van der Waals surface area contributed by atoms with Crippen LogP contribution in [0, 0.1) is 5.82 Å². The van der Waals surface area contributed by atoms with E-state index in [0.717, 1.165) is 32.0 Å². The van der Waals surface area contributed by atoms with E-state index in [-0.39, 0.29) is 18.2 Å². The van der Waals surface area contributed by atoms with Crippen LogP contribution < -0.4 is 10.2 Å². The molecule has 0 saturated carbocycles. The highest BCUT2D eigenvalue weighted by molar-refractivity contribution is 7.22. The van der Waals surface area contributed by atoms with Gasteiger partial charge in [-0.25, -0.2) is 9.37 Å². The molecule has 6 nitrogen and oxygen atoms in total. The van der Waals surface area contributed by atoms with Crippen LogP contribution in [0.1, 0.15) is 25.7 Å². The van der Waals surface area contributed by atoms with E-state index >= 15 is 0 Å². The molecule has 0 unspecified atom stereocenters. The number of aromatic nitrogens is 4. The Morgan fingerprint density at radius 1 is 1.19 bits per heavy atom. The van der Waals surface area contributed by atoms with Gasteiger partial charge in [-0.05, 0) is 43.9 Å². The zero-order chi connectivity index (χ0) is 20.4. The van der Waals surface area contributed by atoms with E-state index in [0.29, 0.717) is 23.6 Å². The number of halogens is 2. The van der Waals surface area contributed by atoms with Gasteiger partial charge < -0.3 is 10.2 Å². The first-order valence-electron chi connectivity index (χ1n) is 10.4. The second kappa shape index (κ2) is 7.69. The molecule has 9 heteroatoms. The van der Waals surface area contributed by atoms with Gasteiger partial charge in [0, 0.05) is 49.4 Å². The second-order valence-electron chi connectivity index (χ2n) is 8.61. The summed E-state index contributed by atoms with van der Waals surface area (Å²) in [6, 6.07) is 7.31. The van der Waals surface area contributed by atoms with Crippen molar-refractivity contribution < 1.29 is 4.39 Å². The lowest BCUT2D eigenvalue weighted by atomic mass is 9.99. The first kappa shape index (κ1) is 20.6. The summed E-state index contributed by atoms with van der Waals surface area (Å²) in [4.78, 5) is 11.8. The summed E-state index contributed by atoms with van der Waals surface area (Å²) < 4.78 is 17.2. The Hall–Kier alpha value is -2.29. The summed E-state index contributed by atoms with van der Waals surface area (Å²) in [5.74, 6) is -0.324. The van der Waals surface area contributed by atoms with E-state index in [1.807, 2.05) is 18.3 Å². The third-order valence-electron chi connectivity index (χ3n) is 6.53. The maximum absolute atomic E-state index is 14.5. The molecule has 3 aromatic heterocycles. The number of fused-ring (bicyclic) bond motifs is 4. The van der Waals surface area contributed by atoms with Gasteiger partial charge in [0.2, 0.25) is 0 Å². The van der Waals surface area contributed by atoms with Gasteiger partial charge in [0.25, 0.3) is 0 Å². The molecule has 0 amide bonds. The molecule has 2 fully saturated rings. The number of benzene rings is 1. The van der Waals surface area contributed by atoms with E-state index in [1.54, 1.807) is 29.3 Å². The van der Waals surface area contributed by atoms with Crippen molar-refractivity contribution >= 4 is 50.0 Å². The Balaban J connectivity index is 0.00000204. The molecule has 0 spiro atoms. The fourth-order valence-electron chi connectivity index (χ4n) is 4.99. The smallest absolute Gasteiger partial charge is 0.186 e. The minimum Gasteiger partial charge on any atom is -0.348 e. The van der Waals surface area contributed by atoms with Crippen LogP contribution in [0.3, 0.4) is 0 Å². The number of anilines is 1. The van der Waals surface area contributed by atoms with Gasteiger partial charge in [0.1, 0.15) is 11.0 Å². The molecule has 2 saturated heterocycles. The second-order valence-corrected chi connectivity index (χ2v) is 9.62. The van der Waals surface area contributed by atoms with Crippen LogP contribution >= 0.6 is 23.7 Å². The van der Waals surface area contributed by atoms with Crippen LogP contribution in [-0.4, -0.2) is 44.9 Å². The lowest BCUT2D eigenvalue weighted by Crippen LogP contribution is -2.47. The monoisotopic (exact) mass is 458 g/mol. The number of rotatable bonds is 3. The molecule has 2 bridgehead atoms. The van der Waals surface area contributed by atoms with Gasteiger partial charge in [-0.3, -0.25) is 9.67 Å². The van der Waals surface area contributed by atoms with Crippen LogP contribution in [0.5, 0.6) is 0 Å². The molecule has 2 aliphatic heterocycles. The largest absolute Gasteiger partial charge is 0.348 e. The Labute approximate surface area is 189 Å². The molecule has 1 N–H and O–H groups in total. The summed E-state index contributed by atoms with van der Waals surface area (Å²) in [5, 5.41) is 9.70. The lowest BCUT2D eigenvalue weighted by Gasteiger charge is -2.35. The fourth-order valence-corrected chi connectivity index (χ4v) is 6.00. The van der Waals surface area contributed by atoms with Crippen molar-refractivity contribution in [1.82, 2.24) is 25.1 Å². The molecule has 2 aliphatic rings. The first-order chi connectivity index (χ1) is 14.5. The van der Waals surface area contributed by atoms with Crippen LogP contribution in [0.25, 0.3) is 32.4 Å². The summed E-state index contributed by atoms with van der Waals surface area (Å²) in [6.07, 6.45) is 8.57. The lowest BCUT2D eigenvalue weighted by molar-refractivity contribution is 0.354. The summed E-state index contributed by atoms with van der Waals surface area (Å²) in [7, 11) is 3.96. The minimum atomic E-state index is -0.324. The quantitative estimate of drug-likeness (QED) is 0.489. The van der Waals surface area contributed by atoms with Crippen molar-refractivity contribution in [1.29, 1.82) is 0 Å². The van der Waals surface area contributed by atoms with Gasteiger partial charge in [-0.1, -0.05) is 11.3 Å². The molecule has 31 heavy (non-hydrogen) atoms. The van der Waals surface area contributed by atoms with E-state index < -0.39 is 0 Å². The van der Waals surface area contributed by atoms with Crippen LogP contribution in [0.2, 0.25) is 0 Å². The van der Waals surface area contributed by atoms with Crippen LogP contribution in [0.4, 0.5) is 9.52 Å². The summed E-state index contributed by atoms with van der Waals surface area (Å²) in [6.45, 7) is 0. The van der Waals surface area contributed by atoms with Crippen molar-refractivity contribution in [2.75, 3.05) is 11.9 Å². The number of nitrogens with one attached hydrogen (secondary N) is 1. The van der Waals surface area contributed by atoms with Gasteiger partial charge in [-0.2, -0.15) is 5.10 Å². The van der Waals surface area contributed by atoms with Gasteiger partial charge in [-0.15, -0.1) is 12.4 Å². The zero-order valence-electron chi connectivity index (χ0n) is 17.4. The number of piperidine rings is 1. The molecule has 1 aromatic carbocycles. The molecule has 6 rings (SSSR count). The Kier molecular flexibility index (Phi) is 5.11. The van der Waals surface area contributed by atoms with Crippen molar-refractivity contribution in [2.45, 2.75) is 43.8 Å². The van der Waals surface area contributed by atoms with Crippen LogP contribution in [-0.2, 0) is 7.05 Å². The molecule has 3 atom stereocenters. The maximum atomic E-state index is 14.5. The van der Waals surface area contributed by atoms with Gasteiger partial charge in [0.15, 0.2) is 10.9 Å². The minimum absolute atomic E-state index is 0. The van der Waals surface area contributed by atoms with E-state index in [1.165, 1.54) is 31.7 Å². The predicted octanol–water partition coefficient (Wildman–Crippen LogP) is 4.53. The normalized spacial score (nSPS) is 22.7. The van der Waals surface area contributed by atoms with E-state index in [4.69, 9.17) is 4.98 Å². The Morgan fingerprint density at radius 3 is 2.74 bits per heavy atom. The number of pyridine rings is 1. The molecular weight excluding hydrogens is 435 g/mol. The van der Waals surface area contributed by atoms with Crippen molar-refractivity contribution in [3.63, 3.8) is 0 Å². The number of hydrogen-bond donors (Lipinski definition) is 1. The van der Waals surface area contributed by atoms with Crippen molar-refractivity contribution in [2.24, 2.45) is 7.05 Å². The zero-order valence-corrected chi connectivity index (χ0v) is 19.0. The highest BCUT2D eigenvalue weighted by atomic mass is 35.5. The average molecular weight is 459 g/mol. The fraction of sp³-hybridized carbons (Fsp3) is 0.409. The molecule has 0 radical (unpaired) electrons. The van der Waals surface area contributed by atoms with E-state index in [9.17, 15) is 4.39 Å². The van der Waals surface area contributed by atoms with E-state index in [2.05, 4.69) is 27.3 Å². The van der Waals surface area contributed by atoms with Crippen molar-refractivity contribution in [3.8, 4) is 11.3 Å².